The van der Waals surface area contributed by atoms with E-state index in [1.165, 1.54) is 21.8 Å². The zero-order chi connectivity index (χ0) is 12.2. The van der Waals surface area contributed by atoms with Gasteiger partial charge >= 0.3 is 0 Å². The number of rotatable bonds is 3. The van der Waals surface area contributed by atoms with E-state index in [1.54, 1.807) is 0 Å². The second-order valence-electron chi connectivity index (χ2n) is 4.46. The highest BCUT2D eigenvalue weighted by atomic mass is 14.0. The number of hydrogen-bond donors (Lipinski definition) is 0. The minimum absolute atomic E-state index is 0.981. The van der Waals surface area contributed by atoms with Crippen LogP contribution in [0.15, 0.2) is 72.8 Å². The van der Waals surface area contributed by atoms with E-state index < -0.39 is 0 Å². The van der Waals surface area contributed by atoms with Crippen LogP contribution in [0.3, 0.4) is 0 Å². The summed E-state index contributed by atoms with van der Waals surface area (Å²) in [7, 11) is 2.30. The number of hydrogen-bond acceptors (Lipinski definition) is 0. The van der Waals surface area contributed by atoms with Crippen molar-refractivity contribution < 1.29 is 0 Å². The third kappa shape index (κ3) is 2.30. The van der Waals surface area contributed by atoms with Crippen LogP contribution in [0.4, 0.5) is 0 Å². The number of fused-ring (bicyclic) bond motifs is 1. The SMILES string of the molecule is [B](Cc1ccccc1)c1cccc2ccccc12. The Balaban J connectivity index is 1.87. The Kier molecular flexibility index (Phi) is 3.14. The van der Waals surface area contributed by atoms with Crippen molar-refractivity contribution >= 4 is 23.5 Å². The molecule has 1 heteroatoms. The molecule has 85 valence electrons. The van der Waals surface area contributed by atoms with Crippen molar-refractivity contribution in [2.45, 2.75) is 6.32 Å². The monoisotopic (exact) mass is 229 g/mol. The molecule has 18 heavy (non-hydrogen) atoms. The maximum Gasteiger partial charge on any atom is 0.157 e. The first-order chi connectivity index (χ1) is 8.93. The topological polar surface area (TPSA) is 0 Å². The summed E-state index contributed by atoms with van der Waals surface area (Å²) in [5.41, 5.74) is 2.67. The Morgan fingerprint density at radius 3 is 2.28 bits per heavy atom. The first-order valence-corrected chi connectivity index (χ1v) is 6.28. The van der Waals surface area contributed by atoms with E-state index in [0.717, 1.165) is 6.32 Å². The first-order valence-electron chi connectivity index (χ1n) is 6.28. The van der Waals surface area contributed by atoms with Gasteiger partial charge in [-0.2, -0.15) is 0 Å². The van der Waals surface area contributed by atoms with Gasteiger partial charge in [0.05, 0.1) is 0 Å². The van der Waals surface area contributed by atoms with Crippen molar-refractivity contribution in [2.24, 2.45) is 0 Å². The summed E-state index contributed by atoms with van der Waals surface area (Å²) >= 11 is 0. The summed E-state index contributed by atoms with van der Waals surface area (Å²) in [6.45, 7) is 0. The van der Waals surface area contributed by atoms with Gasteiger partial charge in [0, 0.05) is 0 Å². The summed E-state index contributed by atoms with van der Waals surface area (Å²) in [5.74, 6) is 0. The average Bonchev–Trinajstić information content (AvgIpc) is 2.46. The molecule has 0 fully saturated rings. The fraction of sp³-hybridized carbons (Fsp3) is 0.0588. The smallest absolute Gasteiger partial charge is 0.0798 e. The molecule has 0 aliphatic rings. The van der Waals surface area contributed by atoms with Gasteiger partial charge in [0.1, 0.15) is 0 Å². The van der Waals surface area contributed by atoms with Gasteiger partial charge in [0.2, 0.25) is 0 Å². The van der Waals surface area contributed by atoms with Gasteiger partial charge < -0.3 is 0 Å². The van der Waals surface area contributed by atoms with Crippen molar-refractivity contribution in [3.05, 3.63) is 78.4 Å². The molecule has 0 unspecified atom stereocenters. The molecule has 0 spiro atoms. The Morgan fingerprint density at radius 1 is 0.667 bits per heavy atom. The van der Waals surface area contributed by atoms with Crippen molar-refractivity contribution in [1.29, 1.82) is 0 Å². The number of benzene rings is 3. The average molecular weight is 229 g/mol. The Hall–Kier alpha value is -2.02. The summed E-state index contributed by atoms with van der Waals surface area (Å²) in [6.07, 6.45) is 0.981. The molecule has 0 amide bonds. The Labute approximate surface area is 109 Å². The molecule has 3 aromatic carbocycles. The molecule has 3 aromatic rings. The molecule has 0 heterocycles. The summed E-state index contributed by atoms with van der Waals surface area (Å²) in [5, 5.41) is 2.63. The Morgan fingerprint density at radius 2 is 1.39 bits per heavy atom. The maximum absolute atomic E-state index is 2.30. The first kappa shape index (κ1) is 11.1. The summed E-state index contributed by atoms with van der Waals surface area (Å²) in [4.78, 5) is 0. The predicted octanol–water partition coefficient (Wildman–Crippen LogP) is 3.37. The van der Waals surface area contributed by atoms with Crippen LogP contribution in [0.5, 0.6) is 0 Å². The standard InChI is InChI=1S/C17H14B/c1-2-7-14(8-3-1)13-18-17-12-6-10-15-9-4-5-11-16(15)17/h1-12H,13H2. The fourth-order valence-corrected chi connectivity index (χ4v) is 2.27. The molecule has 0 saturated heterocycles. The molecule has 0 aliphatic heterocycles. The van der Waals surface area contributed by atoms with Gasteiger partial charge in [-0.1, -0.05) is 83.8 Å². The van der Waals surface area contributed by atoms with Crippen molar-refractivity contribution in [1.82, 2.24) is 0 Å². The molecular weight excluding hydrogens is 215 g/mol. The quantitative estimate of drug-likeness (QED) is 0.604. The van der Waals surface area contributed by atoms with Crippen molar-refractivity contribution in [3.63, 3.8) is 0 Å². The van der Waals surface area contributed by atoms with Gasteiger partial charge in [0.25, 0.3) is 0 Å². The van der Waals surface area contributed by atoms with Crippen LogP contribution in [0.1, 0.15) is 5.56 Å². The highest BCUT2D eigenvalue weighted by Gasteiger charge is 2.02. The molecule has 0 nitrogen and oxygen atoms in total. The van der Waals surface area contributed by atoms with E-state index in [-0.39, 0.29) is 0 Å². The zero-order valence-electron chi connectivity index (χ0n) is 10.2. The third-order valence-corrected chi connectivity index (χ3v) is 3.22. The third-order valence-electron chi connectivity index (χ3n) is 3.22. The molecule has 0 N–H and O–H groups in total. The molecule has 1 radical (unpaired) electrons. The van der Waals surface area contributed by atoms with Crippen LogP contribution < -0.4 is 5.46 Å². The molecular formula is C17H14B. The van der Waals surface area contributed by atoms with Crippen LogP contribution in [0.2, 0.25) is 0 Å². The molecule has 0 aromatic heterocycles. The lowest BCUT2D eigenvalue weighted by Gasteiger charge is -2.05. The van der Waals surface area contributed by atoms with Crippen LogP contribution in [0, 0.1) is 0 Å². The highest BCUT2D eigenvalue weighted by molar-refractivity contribution is 6.56. The van der Waals surface area contributed by atoms with Gasteiger partial charge in [0.15, 0.2) is 7.28 Å². The predicted molar refractivity (Wildman–Crippen MR) is 79.5 cm³/mol. The van der Waals surface area contributed by atoms with E-state index in [0.29, 0.717) is 0 Å². The lowest BCUT2D eigenvalue weighted by molar-refractivity contribution is 1.39. The van der Waals surface area contributed by atoms with Gasteiger partial charge in [-0.3, -0.25) is 0 Å². The second-order valence-corrected chi connectivity index (χ2v) is 4.46. The second kappa shape index (κ2) is 5.09. The van der Waals surface area contributed by atoms with Crippen molar-refractivity contribution in [2.75, 3.05) is 0 Å². The van der Waals surface area contributed by atoms with Gasteiger partial charge in [-0.15, -0.1) is 0 Å². The van der Waals surface area contributed by atoms with E-state index in [1.807, 2.05) is 0 Å². The van der Waals surface area contributed by atoms with Crippen LogP contribution in [-0.2, 0) is 6.32 Å². The van der Waals surface area contributed by atoms with E-state index in [2.05, 4.69) is 80.1 Å². The minimum Gasteiger partial charge on any atom is -0.0798 e. The van der Waals surface area contributed by atoms with Crippen LogP contribution in [0.25, 0.3) is 10.8 Å². The molecule has 0 aliphatic carbocycles. The normalized spacial score (nSPS) is 10.4. The zero-order valence-corrected chi connectivity index (χ0v) is 10.2. The van der Waals surface area contributed by atoms with E-state index in [4.69, 9.17) is 0 Å². The molecule has 0 saturated carbocycles. The van der Waals surface area contributed by atoms with E-state index >= 15 is 0 Å². The molecule has 3 rings (SSSR count). The Bertz CT molecular complexity index is 639. The van der Waals surface area contributed by atoms with Crippen LogP contribution >= 0.6 is 0 Å². The summed E-state index contributed by atoms with van der Waals surface area (Å²) < 4.78 is 0. The maximum atomic E-state index is 2.30. The van der Waals surface area contributed by atoms with Crippen LogP contribution in [-0.4, -0.2) is 7.28 Å². The van der Waals surface area contributed by atoms with Gasteiger partial charge in [-0.05, 0) is 17.1 Å². The minimum atomic E-state index is 0.981. The largest absolute Gasteiger partial charge is 0.157 e. The van der Waals surface area contributed by atoms with E-state index in [9.17, 15) is 0 Å². The highest BCUT2D eigenvalue weighted by Crippen LogP contribution is 2.10. The lowest BCUT2D eigenvalue weighted by atomic mass is 9.64. The van der Waals surface area contributed by atoms with Gasteiger partial charge in [-0.25, -0.2) is 0 Å². The molecule has 0 bridgehead atoms. The fourth-order valence-electron chi connectivity index (χ4n) is 2.27. The van der Waals surface area contributed by atoms with Crippen molar-refractivity contribution in [3.8, 4) is 0 Å². The lowest BCUT2D eigenvalue weighted by Crippen LogP contribution is -2.17. The molecule has 0 atom stereocenters. The summed E-state index contributed by atoms with van der Waals surface area (Å²) in [6, 6.07) is 25.6.